The summed E-state index contributed by atoms with van der Waals surface area (Å²) in [7, 11) is 0. The first-order valence-electron chi connectivity index (χ1n) is 8.76. The molecule has 0 bridgehead atoms. The second-order valence-corrected chi connectivity index (χ2v) is 6.33. The van der Waals surface area contributed by atoms with Gasteiger partial charge < -0.3 is 15.0 Å². The van der Waals surface area contributed by atoms with Crippen molar-refractivity contribution < 1.29 is 9.53 Å². The number of carbonyl (C=O) groups excluding carboxylic acids is 1. The number of anilines is 2. The third kappa shape index (κ3) is 3.80. The average molecular weight is 364 g/mol. The van der Waals surface area contributed by atoms with Crippen molar-refractivity contribution in [2.45, 2.75) is 6.92 Å². The molecular weight excluding hydrogens is 344 g/mol. The molecule has 0 unspecified atom stereocenters. The fourth-order valence-corrected chi connectivity index (χ4v) is 3.01. The molecule has 8 nitrogen and oxygen atoms in total. The normalized spacial score (nSPS) is 14.2. The van der Waals surface area contributed by atoms with Crippen molar-refractivity contribution in [2.75, 3.05) is 36.5 Å². The molecule has 1 amide bonds. The van der Waals surface area contributed by atoms with E-state index in [2.05, 4.69) is 25.3 Å². The van der Waals surface area contributed by atoms with E-state index in [0.717, 1.165) is 24.3 Å². The lowest BCUT2D eigenvalue weighted by Gasteiger charge is -2.29. The van der Waals surface area contributed by atoms with Crippen LogP contribution < -0.4 is 10.2 Å². The summed E-state index contributed by atoms with van der Waals surface area (Å²) in [6.07, 6.45) is 6.63. The van der Waals surface area contributed by atoms with Crippen LogP contribution in [0.15, 0.2) is 49.2 Å². The molecule has 1 aliphatic rings. The lowest BCUT2D eigenvalue weighted by Crippen LogP contribution is -2.37. The van der Waals surface area contributed by atoms with Gasteiger partial charge in [-0.25, -0.2) is 14.6 Å². The van der Waals surface area contributed by atoms with Crippen molar-refractivity contribution in [3.8, 4) is 5.82 Å². The smallest absolute Gasteiger partial charge is 0.255 e. The molecule has 1 aromatic carbocycles. The summed E-state index contributed by atoms with van der Waals surface area (Å²) in [6.45, 7) is 4.85. The van der Waals surface area contributed by atoms with Gasteiger partial charge in [-0.3, -0.25) is 4.79 Å². The summed E-state index contributed by atoms with van der Waals surface area (Å²) in [6, 6.07) is 7.45. The number of ether oxygens (including phenoxy) is 1. The van der Waals surface area contributed by atoms with Gasteiger partial charge in [0.05, 0.1) is 37.5 Å². The summed E-state index contributed by atoms with van der Waals surface area (Å²) in [5.74, 6) is 0.497. The van der Waals surface area contributed by atoms with E-state index < -0.39 is 0 Å². The second-order valence-electron chi connectivity index (χ2n) is 6.33. The topological polar surface area (TPSA) is 85.2 Å². The number of nitrogens with zero attached hydrogens (tertiary/aromatic N) is 5. The molecule has 1 saturated heterocycles. The van der Waals surface area contributed by atoms with Gasteiger partial charge in [0.15, 0.2) is 5.82 Å². The molecule has 4 rings (SSSR count). The second kappa shape index (κ2) is 7.55. The van der Waals surface area contributed by atoms with Crippen LogP contribution in [0.3, 0.4) is 0 Å². The summed E-state index contributed by atoms with van der Waals surface area (Å²) in [5.41, 5.74) is 3.14. The zero-order valence-corrected chi connectivity index (χ0v) is 15.0. The maximum absolute atomic E-state index is 12.4. The van der Waals surface area contributed by atoms with Gasteiger partial charge in [-0.2, -0.15) is 5.10 Å². The summed E-state index contributed by atoms with van der Waals surface area (Å²) in [4.78, 5) is 23.1. The van der Waals surface area contributed by atoms with Gasteiger partial charge in [0, 0.05) is 18.7 Å². The van der Waals surface area contributed by atoms with Gasteiger partial charge in [-0.15, -0.1) is 0 Å². The van der Waals surface area contributed by atoms with E-state index in [1.54, 1.807) is 29.3 Å². The Labute approximate surface area is 156 Å². The van der Waals surface area contributed by atoms with Gasteiger partial charge in [0.2, 0.25) is 0 Å². The minimum atomic E-state index is -0.172. The van der Waals surface area contributed by atoms with Gasteiger partial charge in [0.1, 0.15) is 12.0 Å². The van der Waals surface area contributed by atoms with Crippen LogP contribution in [0.25, 0.3) is 5.82 Å². The Bertz CT molecular complexity index is 949. The number of amides is 1. The highest BCUT2D eigenvalue weighted by Crippen LogP contribution is 2.22. The minimum Gasteiger partial charge on any atom is -0.378 e. The van der Waals surface area contributed by atoms with E-state index >= 15 is 0 Å². The molecule has 0 spiro atoms. The number of rotatable bonds is 4. The van der Waals surface area contributed by atoms with E-state index in [1.165, 1.54) is 6.33 Å². The number of hydrogen-bond donors (Lipinski definition) is 1. The number of carbonyl (C=O) groups is 1. The van der Waals surface area contributed by atoms with Crippen LogP contribution in [-0.4, -0.2) is 52.0 Å². The van der Waals surface area contributed by atoms with Crippen molar-refractivity contribution in [1.29, 1.82) is 0 Å². The molecule has 0 atom stereocenters. The molecular formula is C19H20N6O2. The minimum absolute atomic E-state index is 0.172. The van der Waals surface area contributed by atoms with E-state index in [0.29, 0.717) is 30.3 Å². The Morgan fingerprint density at radius 2 is 2.07 bits per heavy atom. The number of aryl methyl sites for hydroxylation is 1. The Morgan fingerprint density at radius 1 is 1.22 bits per heavy atom. The summed E-state index contributed by atoms with van der Waals surface area (Å²) in [5, 5.41) is 7.24. The lowest BCUT2D eigenvalue weighted by molar-refractivity contribution is 0.102. The summed E-state index contributed by atoms with van der Waals surface area (Å²) >= 11 is 0. The predicted molar refractivity (Wildman–Crippen MR) is 101 cm³/mol. The molecule has 0 saturated carbocycles. The van der Waals surface area contributed by atoms with E-state index in [-0.39, 0.29) is 5.91 Å². The number of aromatic nitrogens is 4. The third-order valence-electron chi connectivity index (χ3n) is 4.36. The Kier molecular flexibility index (Phi) is 4.80. The van der Waals surface area contributed by atoms with Crippen LogP contribution in [0.1, 0.15) is 15.9 Å². The van der Waals surface area contributed by atoms with Crippen molar-refractivity contribution in [3.05, 3.63) is 60.3 Å². The standard InChI is InChI=1S/C19H20N6O2/c1-14-3-2-4-15(9-14)19(26)23-16-10-22-25(12-16)18-17(11-20-13-21-18)24-5-7-27-8-6-24/h2-4,9-13H,5-8H2,1H3,(H,23,26). The molecule has 1 aliphatic heterocycles. The monoisotopic (exact) mass is 364 g/mol. The highest BCUT2D eigenvalue weighted by Gasteiger charge is 2.18. The van der Waals surface area contributed by atoms with Crippen molar-refractivity contribution in [3.63, 3.8) is 0 Å². The molecule has 3 aromatic rings. The lowest BCUT2D eigenvalue weighted by atomic mass is 10.1. The van der Waals surface area contributed by atoms with Crippen molar-refractivity contribution >= 4 is 17.3 Å². The Hall–Kier alpha value is -3.26. The van der Waals surface area contributed by atoms with E-state index in [9.17, 15) is 4.79 Å². The van der Waals surface area contributed by atoms with Gasteiger partial charge in [0.25, 0.3) is 5.91 Å². The molecule has 27 heavy (non-hydrogen) atoms. The predicted octanol–water partition coefficient (Wildman–Crippen LogP) is 2.06. The van der Waals surface area contributed by atoms with E-state index in [1.807, 2.05) is 25.1 Å². The first-order valence-corrected chi connectivity index (χ1v) is 8.76. The molecule has 0 radical (unpaired) electrons. The van der Waals surface area contributed by atoms with Crippen LogP contribution in [-0.2, 0) is 4.74 Å². The van der Waals surface area contributed by atoms with Gasteiger partial charge >= 0.3 is 0 Å². The molecule has 1 N–H and O–H groups in total. The van der Waals surface area contributed by atoms with Crippen LogP contribution in [0.5, 0.6) is 0 Å². The zero-order chi connectivity index (χ0) is 18.6. The van der Waals surface area contributed by atoms with E-state index in [4.69, 9.17) is 4.74 Å². The highest BCUT2D eigenvalue weighted by atomic mass is 16.5. The molecule has 1 fully saturated rings. The number of morpholine rings is 1. The number of hydrogen-bond acceptors (Lipinski definition) is 6. The largest absolute Gasteiger partial charge is 0.378 e. The first kappa shape index (κ1) is 17.2. The SMILES string of the molecule is Cc1cccc(C(=O)Nc2cnn(-c3ncncc3N3CCOCC3)c2)c1. The van der Waals surface area contributed by atoms with Gasteiger partial charge in [-0.05, 0) is 19.1 Å². The number of benzene rings is 1. The molecule has 8 heteroatoms. The zero-order valence-electron chi connectivity index (χ0n) is 15.0. The van der Waals surface area contributed by atoms with Crippen molar-refractivity contribution in [1.82, 2.24) is 19.7 Å². The molecule has 0 aliphatic carbocycles. The molecule has 3 heterocycles. The maximum atomic E-state index is 12.4. The van der Waals surface area contributed by atoms with Gasteiger partial charge in [-0.1, -0.05) is 17.7 Å². The summed E-state index contributed by atoms with van der Waals surface area (Å²) < 4.78 is 7.06. The average Bonchev–Trinajstić information content (AvgIpc) is 3.17. The van der Waals surface area contributed by atoms with Crippen LogP contribution >= 0.6 is 0 Å². The maximum Gasteiger partial charge on any atom is 0.255 e. The van der Waals surface area contributed by atoms with Crippen LogP contribution in [0.4, 0.5) is 11.4 Å². The highest BCUT2D eigenvalue weighted by molar-refractivity contribution is 6.04. The van der Waals surface area contributed by atoms with Crippen LogP contribution in [0, 0.1) is 6.92 Å². The molecule has 138 valence electrons. The third-order valence-corrected chi connectivity index (χ3v) is 4.36. The molecule has 2 aromatic heterocycles. The van der Waals surface area contributed by atoms with Crippen LogP contribution in [0.2, 0.25) is 0 Å². The van der Waals surface area contributed by atoms with Crippen molar-refractivity contribution in [2.24, 2.45) is 0 Å². The fraction of sp³-hybridized carbons (Fsp3) is 0.263. The Morgan fingerprint density at radius 3 is 2.89 bits per heavy atom. The number of nitrogens with one attached hydrogen (secondary N) is 1. The Balaban J connectivity index is 1.55. The fourth-order valence-electron chi connectivity index (χ4n) is 3.01. The quantitative estimate of drug-likeness (QED) is 0.763. The first-order chi connectivity index (χ1) is 13.2.